The number of rotatable bonds is 3. The van der Waals surface area contributed by atoms with Crippen molar-refractivity contribution >= 4 is 29.3 Å². The fourth-order valence-electron chi connectivity index (χ4n) is 2.04. The molecule has 0 saturated carbocycles. The fraction of sp³-hybridized carbons (Fsp3) is 0.286. The first-order valence-corrected chi connectivity index (χ1v) is 6.69. The minimum absolute atomic E-state index is 0.00930. The lowest BCUT2D eigenvalue weighted by Crippen LogP contribution is -2.38. The van der Waals surface area contributed by atoms with E-state index in [0.29, 0.717) is 5.69 Å². The second-order valence-corrected chi connectivity index (χ2v) is 4.99. The molecule has 0 heterocycles. The number of urea groups is 1. The van der Waals surface area contributed by atoms with Crippen LogP contribution in [0.3, 0.4) is 0 Å². The Kier molecular flexibility index (Phi) is 4.63. The standard InChI is InChI=1S/C14H15ClN2O3/c15-12-8-10(6-7-11(12)13(18)19)17-14(20)16-9-4-2-1-3-5-9/h1-2,6-9H,3-5H2,(H,18,19)(H2,16,17,20). The SMILES string of the molecule is O=C(Nc1ccc(C(=O)O)c(Cl)c1)NC1CC=CCC1. The summed E-state index contributed by atoms with van der Waals surface area (Å²) in [6.45, 7) is 0. The molecule has 1 aliphatic carbocycles. The second-order valence-electron chi connectivity index (χ2n) is 4.58. The minimum Gasteiger partial charge on any atom is -0.478 e. The van der Waals surface area contributed by atoms with Crippen LogP contribution < -0.4 is 10.6 Å². The molecule has 3 N–H and O–H groups in total. The van der Waals surface area contributed by atoms with Gasteiger partial charge in [0.2, 0.25) is 0 Å². The van der Waals surface area contributed by atoms with Crippen molar-refractivity contribution < 1.29 is 14.7 Å². The summed E-state index contributed by atoms with van der Waals surface area (Å²) >= 11 is 5.84. The van der Waals surface area contributed by atoms with Crippen LogP contribution in [0.15, 0.2) is 30.4 Å². The molecule has 106 valence electrons. The lowest BCUT2D eigenvalue weighted by atomic mass is 10.0. The van der Waals surface area contributed by atoms with Crippen molar-refractivity contribution in [2.45, 2.75) is 25.3 Å². The molecular weight excluding hydrogens is 280 g/mol. The summed E-state index contributed by atoms with van der Waals surface area (Å²) in [6, 6.07) is 4.11. The number of hydrogen-bond donors (Lipinski definition) is 3. The van der Waals surface area contributed by atoms with E-state index in [1.807, 2.05) is 6.08 Å². The van der Waals surface area contributed by atoms with Gasteiger partial charge < -0.3 is 15.7 Å². The van der Waals surface area contributed by atoms with Crippen LogP contribution in [0.4, 0.5) is 10.5 Å². The largest absolute Gasteiger partial charge is 0.478 e. The van der Waals surface area contributed by atoms with Gasteiger partial charge in [0.15, 0.2) is 0 Å². The van der Waals surface area contributed by atoms with Gasteiger partial charge in [0, 0.05) is 11.7 Å². The quantitative estimate of drug-likeness (QED) is 0.749. The highest BCUT2D eigenvalue weighted by molar-refractivity contribution is 6.33. The van der Waals surface area contributed by atoms with Gasteiger partial charge in [-0.3, -0.25) is 0 Å². The molecule has 1 aliphatic rings. The molecule has 6 heteroatoms. The number of amides is 2. The number of benzene rings is 1. The number of nitrogens with one attached hydrogen (secondary N) is 2. The topological polar surface area (TPSA) is 78.4 Å². The first-order chi connectivity index (χ1) is 9.56. The van der Waals surface area contributed by atoms with E-state index < -0.39 is 5.97 Å². The zero-order chi connectivity index (χ0) is 14.5. The van der Waals surface area contributed by atoms with Crippen LogP contribution in [0.25, 0.3) is 0 Å². The lowest BCUT2D eigenvalue weighted by Gasteiger charge is -2.19. The maximum Gasteiger partial charge on any atom is 0.337 e. The van der Waals surface area contributed by atoms with Gasteiger partial charge in [-0.15, -0.1) is 0 Å². The lowest BCUT2D eigenvalue weighted by molar-refractivity contribution is 0.0697. The van der Waals surface area contributed by atoms with E-state index in [1.54, 1.807) is 0 Å². The summed E-state index contributed by atoms with van der Waals surface area (Å²) in [7, 11) is 0. The van der Waals surface area contributed by atoms with E-state index in [-0.39, 0.29) is 22.7 Å². The number of carboxylic acid groups (broad SMARTS) is 1. The zero-order valence-electron chi connectivity index (χ0n) is 10.7. The predicted molar refractivity (Wildman–Crippen MR) is 77.3 cm³/mol. The average molecular weight is 295 g/mol. The van der Waals surface area contributed by atoms with Crippen LogP contribution in [0.5, 0.6) is 0 Å². The molecule has 0 saturated heterocycles. The molecule has 0 spiro atoms. The number of allylic oxidation sites excluding steroid dienone is 1. The van der Waals surface area contributed by atoms with Crippen LogP contribution in [0.2, 0.25) is 5.02 Å². The Morgan fingerprint density at radius 2 is 2.10 bits per heavy atom. The molecule has 1 aromatic carbocycles. The third kappa shape index (κ3) is 3.74. The van der Waals surface area contributed by atoms with E-state index in [2.05, 4.69) is 16.7 Å². The van der Waals surface area contributed by atoms with Gasteiger partial charge in [-0.1, -0.05) is 23.8 Å². The van der Waals surface area contributed by atoms with Gasteiger partial charge in [0.05, 0.1) is 10.6 Å². The smallest absolute Gasteiger partial charge is 0.337 e. The number of carbonyl (C=O) groups is 2. The molecule has 1 unspecified atom stereocenters. The molecule has 0 fully saturated rings. The van der Waals surface area contributed by atoms with E-state index in [4.69, 9.17) is 16.7 Å². The van der Waals surface area contributed by atoms with Crippen LogP contribution >= 0.6 is 11.6 Å². The molecule has 1 atom stereocenters. The highest BCUT2D eigenvalue weighted by Gasteiger charge is 2.14. The molecule has 0 aromatic heterocycles. The summed E-state index contributed by atoms with van der Waals surface area (Å²) in [5.74, 6) is -1.10. The summed E-state index contributed by atoms with van der Waals surface area (Å²) < 4.78 is 0. The van der Waals surface area contributed by atoms with E-state index in [9.17, 15) is 9.59 Å². The highest BCUT2D eigenvalue weighted by atomic mass is 35.5. The summed E-state index contributed by atoms with van der Waals surface area (Å²) in [4.78, 5) is 22.6. The molecule has 2 amide bonds. The molecule has 5 nitrogen and oxygen atoms in total. The van der Waals surface area contributed by atoms with Gasteiger partial charge in [-0.25, -0.2) is 9.59 Å². The Morgan fingerprint density at radius 3 is 2.70 bits per heavy atom. The van der Waals surface area contributed by atoms with E-state index in [1.165, 1.54) is 18.2 Å². The number of carbonyl (C=O) groups excluding carboxylic acids is 1. The van der Waals surface area contributed by atoms with Crippen molar-refractivity contribution in [1.29, 1.82) is 0 Å². The van der Waals surface area contributed by atoms with Crippen LogP contribution in [-0.2, 0) is 0 Å². The second kappa shape index (κ2) is 6.43. The summed E-state index contributed by atoms with van der Waals surface area (Å²) in [6.07, 6.45) is 6.85. The molecule has 0 radical (unpaired) electrons. The number of carboxylic acids is 1. The highest BCUT2D eigenvalue weighted by Crippen LogP contribution is 2.21. The van der Waals surface area contributed by atoms with Crippen LogP contribution in [0, 0.1) is 0 Å². The van der Waals surface area contributed by atoms with Gasteiger partial charge in [-0.2, -0.15) is 0 Å². The third-order valence-electron chi connectivity index (χ3n) is 3.06. The number of anilines is 1. The maximum atomic E-state index is 11.8. The Labute approximate surface area is 121 Å². The van der Waals surface area contributed by atoms with Crippen molar-refractivity contribution in [3.05, 3.63) is 40.9 Å². The van der Waals surface area contributed by atoms with Crippen molar-refractivity contribution in [1.82, 2.24) is 5.32 Å². The Balaban J connectivity index is 1.95. The Morgan fingerprint density at radius 1 is 1.30 bits per heavy atom. The Bertz CT molecular complexity index is 557. The zero-order valence-corrected chi connectivity index (χ0v) is 11.5. The molecule has 1 aromatic rings. The predicted octanol–water partition coefficient (Wildman–Crippen LogP) is 3.27. The van der Waals surface area contributed by atoms with Crippen LogP contribution in [-0.4, -0.2) is 23.1 Å². The molecule has 0 aliphatic heterocycles. The Hall–Kier alpha value is -2.01. The summed E-state index contributed by atoms with van der Waals surface area (Å²) in [5, 5.41) is 14.5. The van der Waals surface area contributed by atoms with Crippen molar-refractivity contribution in [2.24, 2.45) is 0 Å². The first kappa shape index (κ1) is 14.4. The molecular formula is C14H15ClN2O3. The summed E-state index contributed by atoms with van der Waals surface area (Å²) in [5.41, 5.74) is 0.471. The number of aromatic carboxylic acids is 1. The van der Waals surface area contributed by atoms with Gasteiger partial charge >= 0.3 is 12.0 Å². The van der Waals surface area contributed by atoms with Gasteiger partial charge in [0.25, 0.3) is 0 Å². The van der Waals surface area contributed by atoms with E-state index >= 15 is 0 Å². The van der Waals surface area contributed by atoms with Crippen molar-refractivity contribution in [2.75, 3.05) is 5.32 Å². The van der Waals surface area contributed by atoms with Crippen LogP contribution in [0.1, 0.15) is 29.6 Å². The normalized spacial score (nSPS) is 17.6. The monoisotopic (exact) mass is 294 g/mol. The van der Waals surface area contributed by atoms with E-state index in [0.717, 1.165) is 19.3 Å². The number of hydrogen-bond acceptors (Lipinski definition) is 2. The van der Waals surface area contributed by atoms with Crippen molar-refractivity contribution in [3.8, 4) is 0 Å². The third-order valence-corrected chi connectivity index (χ3v) is 3.37. The average Bonchev–Trinajstić information content (AvgIpc) is 2.39. The maximum absolute atomic E-state index is 11.8. The van der Waals surface area contributed by atoms with Gasteiger partial charge in [0.1, 0.15) is 0 Å². The minimum atomic E-state index is -1.10. The first-order valence-electron chi connectivity index (χ1n) is 6.31. The fourth-order valence-corrected chi connectivity index (χ4v) is 2.30. The van der Waals surface area contributed by atoms with Gasteiger partial charge in [-0.05, 0) is 37.5 Å². The van der Waals surface area contributed by atoms with Crippen molar-refractivity contribution in [3.63, 3.8) is 0 Å². The number of halogens is 1. The molecule has 20 heavy (non-hydrogen) atoms. The molecule has 0 bridgehead atoms. The molecule has 2 rings (SSSR count).